The number of hydrogen-bond acceptors (Lipinski definition) is 6. The van der Waals surface area contributed by atoms with Gasteiger partial charge in [0, 0.05) is 25.4 Å². The summed E-state index contributed by atoms with van der Waals surface area (Å²) in [7, 11) is -3.23. The second kappa shape index (κ2) is 7.34. The number of halogens is 1. The minimum Gasteiger partial charge on any atom is -0.459 e. The molecule has 1 saturated heterocycles. The number of sulfonamides is 1. The highest BCUT2D eigenvalue weighted by Crippen LogP contribution is 2.20. The zero-order valence-corrected chi connectivity index (χ0v) is 15.7. The minimum atomic E-state index is -3.23. The fraction of sp³-hybridized carbons (Fsp3) is 0.438. The van der Waals surface area contributed by atoms with Crippen LogP contribution in [0.1, 0.15) is 18.5 Å². The first kappa shape index (κ1) is 18.8. The van der Waals surface area contributed by atoms with Crippen LogP contribution in [0.5, 0.6) is 0 Å². The quantitative estimate of drug-likeness (QED) is 0.713. The molecule has 3 heterocycles. The van der Waals surface area contributed by atoms with Gasteiger partial charge in [-0.05, 0) is 25.0 Å². The lowest BCUT2D eigenvalue weighted by atomic mass is 9.98. The van der Waals surface area contributed by atoms with Gasteiger partial charge in [-0.25, -0.2) is 17.7 Å². The van der Waals surface area contributed by atoms with Crippen LogP contribution in [0, 0.1) is 5.92 Å². The molecule has 2 aromatic rings. The summed E-state index contributed by atoms with van der Waals surface area (Å²) < 4.78 is 30.9. The van der Waals surface area contributed by atoms with Gasteiger partial charge in [-0.2, -0.15) is 0 Å². The summed E-state index contributed by atoms with van der Waals surface area (Å²) in [6, 6.07) is 4.52. The number of aromatic nitrogens is 2. The monoisotopic (exact) mass is 399 g/mol. The lowest BCUT2D eigenvalue weighted by Crippen LogP contribution is -2.40. The molecule has 8 nitrogen and oxygen atoms in total. The minimum absolute atomic E-state index is 0.112. The van der Waals surface area contributed by atoms with Crippen molar-refractivity contribution in [3.05, 3.63) is 45.5 Å². The van der Waals surface area contributed by atoms with Crippen molar-refractivity contribution in [3.63, 3.8) is 0 Å². The zero-order chi connectivity index (χ0) is 18.9. The first-order valence-electron chi connectivity index (χ1n) is 8.03. The topological polar surface area (TPSA) is 98.0 Å². The normalized spacial score (nSPS) is 16.7. The largest absolute Gasteiger partial charge is 0.459 e. The van der Waals surface area contributed by atoms with E-state index in [0.717, 1.165) is 6.26 Å². The SMILES string of the molecule is CS(=O)(=O)N1CCC(C(=O)OCc2cc(=O)n3cc(Cl)ccc3n2)CC1. The Morgan fingerprint density at radius 3 is 2.69 bits per heavy atom. The molecule has 0 atom stereocenters. The molecule has 26 heavy (non-hydrogen) atoms. The van der Waals surface area contributed by atoms with Crippen LogP contribution in [0.4, 0.5) is 0 Å². The smallest absolute Gasteiger partial charge is 0.309 e. The summed E-state index contributed by atoms with van der Waals surface area (Å²) in [5.41, 5.74) is 0.443. The lowest BCUT2D eigenvalue weighted by Gasteiger charge is -2.28. The number of fused-ring (bicyclic) bond motifs is 1. The van der Waals surface area contributed by atoms with Gasteiger partial charge < -0.3 is 4.74 Å². The number of carbonyl (C=O) groups excluding carboxylic acids is 1. The van der Waals surface area contributed by atoms with Gasteiger partial charge in [0.1, 0.15) is 12.3 Å². The van der Waals surface area contributed by atoms with E-state index in [-0.39, 0.29) is 18.1 Å². The molecule has 1 aliphatic rings. The number of nitrogens with zero attached hydrogens (tertiary/aromatic N) is 3. The Balaban J connectivity index is 1.63. The van der Waals surface area contributed by atoms with E-state index in [0.29, 0.717) is 42.3 Å². The van der Waals surface area contributed by atoms with Crippen LogP contribution in [0.2, 0.25) is 5.02 Å². The molecule has 1 fully saturated rings. The molecule has 0 N–H and O–H groups in total. The van der Waals surface area contributed by atoms with Gasteiger partial charge in [0.05, 0.1) is 22.9 Å². The Labute approximate surface area is 155 Å². The summed E-state index contributed by atoms with van der Waals surface area (Å²) in [5.74, 6) is -0.760. The third-order valence-corrected chi connectivity index (χ3v) is 5.82. The zero-order valence-electron chi connectivity index (χ0n) is 14.1. The van der Waals surface area contributed by atoms with Crippen molar-refractivity contribution < 1.29 is 17.9 Å². The van der Waals surface area contributed by atoms with E-state index >= 15 is 0 Å². The summed E-state index contributed by atoms with van der Waals surface area (Å²) in [6.07, 6.45) is 3.46. The molecule has 140 valence electrons. The van der Waals surface area contributed by atoms with Crippen molar-refractivity contribution in [1.29, 1.82) is 0 Å². The third-order valence-electron chi connectivity index (χ3n) is 4.30. The second-order valence-corrected chi connectivity index (χ2v) is 8.62. The molecular formula is C16H18ClN3O5S. The predicted octanol–water partition coefficient (Wildman–Crippen LogP) is 1.06. The number of rotatable bonds is 4. The molecule has 3 rings (SSSR count). The van der Waals surface area contributed by atoms with E-state index in [4.69, 9.17) is 16.3 Å². The molecule has 0 radical (unpaired) electrons. The maximum Gasteiger partial charge on any atom is 0.309 e. The average Bonchev–Trinajstić information content (AvgIpc) is 2.59. The molecule has 2 aromatic heterocycles. The number of hydrogen-bond donors (Lipinski definition) is 0. The molecule has 0 saturated carbocycles. The van der Waals surface area contributed by atoms with Crippen molar-refractivity contribution in [3.8, 4) is 0 Å². The van der Waals surface area contributed by atoms with Gasteiger partial charge in [-0.1, -0.05) is 11.6 Å². The predicted molar refractivity (Wildman–Crippen MR) is 95.4 cm³/mol. The van der Waals surface area contributed by atoms with Crippen molar-refractivity contribution in [2.24, 2.45) is 5.92 Å². The molecule has 0 spiro atoms. The molecule has 1 aliphatic heterocycles. The average molecular weight is 400 g/mol. The second-order valence-electron chi connectivity index (χ2n) is 6.21. The van der Waals surface area contributed by atoms with Gasteiger partial charge in [0.2, 0.25) is 10.0 Å². The van der Waals surface area contributed by atoms with Crippen LogP contribution in [0.15, 0.2) is 29.2 Å². The molecule has 0 aromatic carbocycles. The van der Waals surface area contributed by atoms with E-state index in [9.17, 15) is 18.0 Å². The number of ether oxygens (including phenoxy) is 1. The maximum atomic E-state index is 12.2. The molecule has 0 unspecified atom stereocenters. The van der Waals surface area contributed by atoms with Gasteiger partial charge in [-0.3, -0.25) is 14.0 Å². The highest BCUT2D eigenvalue weighted by Gasteiger charge is 2.29. The molecule has 0 amide bonds. The van der Waals surface area contributed by atoms with Gasteiger partial charge in [-0.15, -0.1) is 0 Å². The first-order valence-corrected chi connectivity index (χ1v) is 10.3. The fourth-order valence-corrected chi connectivity index (χ4v) is 3.92. The lowest BCUT2D eigenvalue weighted by molar-refractivity contribution is -0.151. The Hall–Kier alpha value is -1.97. The van der Waals surface area contributed by atoms with Crippen LogP contribution in [-0.2, 0) is 26.2 Å². The van der Waals surface area contributed by atoms with E-state index < -0.39 is 16.0 Å². The summed E-state index contributed by atoms with van der Waals surface area (Å²) in [5, 5.41) is 0.418. The van der Waals surface area contributed by atoms with Crippen molar-refractivity contribution in [2.75, 3.05) is 19.3 Å². The van der Waals surface area contributed by atoms with E-state index in [2.05, 4.69) is 4.98 Å². The van der Waals surface area contributed by atoms with Crippen LogP contribution in [0.25, 0.3) is 5.65 Å². The number of pyridine rings is 1. The van der Waals surface area contributed by atoms with Gasteiger partial charge in [0.25, 0.3) is 5.56 Å². The third kappa shape index (κ3) is 4.22. The highest BCUT2D eigenvalue weighted by molar-refractivity contribution is 7.88. The fourth-order valence-electron chi connectivity index (χ4n) is 2.89. The van der Waals surface area contributed by atoms with Crippen LogP contribution in [0.3, 0.4) is 0 Å². The van der Waals surface area contributed by atoms with Crippen molar-refractivity contribution in [2.45, 2.75) is 19.4 Å². The Morgan fingerprint density at radius 1 is 1.35 bits per heavy atom. The first-order chi connectivity index (χ1) is 12.2. The Morgan fingerprint density at radius 2 is 2.04 bits per heavy atom. The van der Waals surface area contributed by atoms with E-state index in [1.807, 2.05) is 0 Å². The summed E-state index contributed by atoms with van der Waals surface area (Å²) >= 11 is 5.86. The van der Waals surface area contributed by atoms with Crippen LogP contribution in [-0.4, -0.2) is 47.4 Å². The van der Waals surface area contributed by atoms with E-state index in [1.165, 1.54) is 21.0 Å². The Bertz CT molecular complexity index is 997. The number of piperidine rings is 1. The molecule has 10 heteroatoms. The van der Waals surface area contributed by atoms with E-state index in [1.54, 1.807) is 12.1 Å². The number of esters is 1. The van der Waals surface area contributed by atoms with Gasteiger partial charge in [0.15, 0.2) is 0 Å². The maximum absolute atomic E-state index is 12.2. The number of carbonyl (C=O) groups is 1. The summed E-state index contributed by atoms with van der Waals surface area (Å²) in [4.78, 5) is 28.6. The van der Waals surface area contributed by atoms with Crippen molar-refractivity contribution >= 4 is 33.2 Å². The molecular weight excluding hydrogens is 382 g/mol. The summed E-state index contributed by atoms with van der Waals surface area (Å²) in [6.45, 7) is 0.489. The van der Waals surface area contributed by atoms with Crippen LogP contribution >= 0.6 is 11.6 Å². The Kier molecular flexibility index (Phi) is 5.31. The van der Waals surface area contributed by atoms with Gasteiger partial charge >= 0.3 is 5.97 Å². The van der Waals surface area contributed by atoms with Crippen LogP contribution < -0.4 is 5.56 Å². The van der Waals surface area contributed by atoms with Crippen molar-refractivity contribution in [1.82, 2.24) is 13.7 Å². The standard InChI is InChI=1S/C16H18ClN3O5S/c1-26(23,24)19-6-4-11(5-7-19)16(22)25-10-13-8-15(21)20-9-12(17)2-3-14(20)18-13/h2-3,8-9,11H,4-7,10H2,1H3. The highest BCUT2D eigenvalue weighted by atomic mass is 35.5. The molecule has 0 bridgehead atoms. The molecule has 0 aliphatic carbocycles.